The molecule has 32 heavy (non-hydrogen) atoms. The lowest BCUT2D eigenvalue weighted by molar-refractivity contribution is -0.137. The second-order valence-corrected chi connectivity index (χ2v) is 8.53. The van der Waals surface area contributed by atoms with E-state index in [-0.39, 0.29) is 15.7 Å². The summed E-state index contributed by atoms with van der Waals surface area (Å²) in [6.07, 6.45) is -4.64. The van der Waals surface area contributed by atoms with Crippen LogP contribution in [-0.2, 0) is 21.0 Å². The molecule has 3 aromatic rings. The summed E-state index contributed by atoms with van der Waals surface area (Å²) in [5.74, 6) is -0.857. The number of amides is 1. The molecule has 1 amide bonds. The van der Waals surface area contributed by atoms with Gasteiger partial charge in [0.05, 0.1) is 21.2 Å². The minimum atomic E-state index is -4.64. The number of halogens is 4. The molecule has 0 spiro atoms. The lowest BCUT2D eigenvalue weighted by atomic mass is 10.1. The van der Waals surface area contributed by atoms with Crippen LogP contribution >= 0.6 is 11.6 Å². The van der Waals surface area contributed by atoms with Crippen LogP contribution in [0.2, 0.25) is 5.02 Å². The molecule has 0 aliphatic carbocycles. The summed E-state index contributed by atoms with van der Waals surface area (Å²) < 4.78 is 71.7. The molecule has 2 N–H and O–H groups in total. The number of alkyl halides is 3. The Morgan fingerprint density at radius 1 is 0.969 bits per heavy atom. The molecule has 0 heterocycles. The van der Waals surface area contributed by atoms with Gasteiger partial charge in [0.1, 0.15) is 5.75 Å². The monoisotopic (exact) mass is 484 g/mol. The third-order valence-electron chi connectivity index (χ3n) is 4.10. The average molecular weight is 485 g/mol. The third-order valence-corrected chi connectivity index (χ3v) is 5.78. The molecule has 0 aromatic heterocycles. The molecule has 6 nitrogen and oxygen atoms in total. The number of para-hydroxylation sites is 2. The van der Waals surface area contributed by atoms with Crippen molar-refractivity contribution < 1.29 is 31.1 Å². The van der Waals surface area contributed by atoms with Gasteiger partial charge in [-0.25, -0.2) is 8.42 Å². The highest BCUT2D eigenvalue weighted by Gasteiger charge is 2.33. The fourth-order valence-electron chi connectivity index (χ4n) is 2.65. The molecule has 0 saturated heterocycles. The number of carbonyl (C=O) groups excluding carboxylic acids is 1. The average Bonchev–Trinajstić information content (AvgIpc) is 2.73. The number of ether oxygens (including phenoxy) is 1. The van der Waals surface area contributed by atoms with Crippen molar-refractivity contribution >= 4 is 38.9 Å². The summed E-state index contributed by atoms with van der Waals surface area (Å²) >= 11 is 6.07. The first-order chi connectivity index (χ1) is 15.1. The Morgan fingerprint density at radius 2 is 1.62 bits per heavy atom. The highest BCUT2D eigenvalue weighted by molar-refractivity contribution is 7.92. The number of benzene rings is 3. The summed E-state index contributed by atoms with van der Waals surface area (Å²) in [5.41, 5.74) is -1.04. The molecule has 0 radical (unpaired) electrons. The standard InChI is InChI=1S/C21H16ClF3N2O4S/c22-17-12-15(32(29,30)27-14-6-2-1-3-7-14)10-11-19(17)31-13-20(28)26-18-9-5-4-8-16(18)21(23,24)25/h1-12,27H,13H2,(H,26,28). The third kappa shape index (κ3) is 5.92. The normalized spacial score (nSPS) is 11.6. The zero-order valence-electron chi connectivity index (χ0n) is 16.2. The van der Waals surface area contributed by atoms with E-state index < -0.39 is 40.0 Å². The van der Waals surface area contributed by atoms with Gasteiger partial charge in [-0.3, -0.25) is 9.52 Å². The van der Waals surface area contributed by atoms with E-state index in [1.54, 1.807) is 30.3 Å². The minimum Gasteiger partial charge on any atom is -0.482 e. The van der Waals surface area contributed by atoms with Crippen molar-refractivity contribution in [1.29, 1.82) is 0 Å². The van der Waals surface area contributed by atoms with Crippen LogP contribution in [0.4, 0.5) is 24.5 Å². The lowest BCUT2D eigenvalue weighted by Crippen LogP contribution is -2.22. The zero-order chi connectivity index (χ0) is 23.4. The number of nitrogens with one attached hydrogen (secondary N) is 2. The second-order valence-electron chi connectivity index (χ2n) is 6.44. The van der Waals surface area contributed by atoms with Crippen molar-refractivity contribution in [1.82, 2.24) is 0 Å². The molecule has 3 aromatic carbocycles. The van der Waals surface area contributed by atoms with Crippen molar-refractivity contribution in [2.45, 2.75) is 11.1 Å². The van der Waals surface area contributed by atoms with Gasteiger partial charge in [0.2, 0.25) is 0 Å². The topological polar surface area (TPSA) is 84.5 Å². The zero-order valence-corrected chi connectivity index (χ0v) is 17.8. The van der Waals surface area contributed by atoms with E-state index in [0.29, 0.717) is 5.69 Å². The van der Waals surface area contributed by atoms with E-state index in [4.69, 9.17) is 16.3 Å². The van der Waals surface area contributed by atoms with Crippen LogP contribution in [0.25, 0.3) is 0 Å². The predicted octanol–water partition coefficient (Wildman–Crippen LogP) is 5.18. The number of rotatable bonds is 7. The highest BCUT2D eigenvalue weighted by atomic mass is 35.5. The van der Waals surface area contributed by atoms with Crippen molar-refractivity contribution in [3.63, 3.8) is 0 Å². The molecule has 0 saturated carbocycles. The van der Waals surface area contributed by atoms with Crippen molar-refractivity contribution in [2.24, 2.45) is 0 Å². The molecule has 11 heteroatoms. The Morgan fingerprint density at radius 3 is 2.28 bits per heavy atom. The highest BCUT2D eigenvalue weighted by Crippen LogP contribution is 2.34. The van der Waals surface area contributed by atoms with E-state index >= 15 is 0 Å². The molecule has 0 atom stereocenters. The summed E-state index contributed by atoms with van der Waals surface area (Å²) in [7, 11) is -3.92. The van der Waals surface area contributed by atoms with Gasteiger partial charge in [0, 0.05) is 5.69 Å². The quantitative estimate of drug-likeness (QED) is 0.484. The van der Waals surface area contributed by atoms with E-state index in [1.165, 1.54) is 24.3 Å². The summed E-state index contributed by atoms with van der Waals surface area (Å²) in [6.45, 7) is -0.639. The predicted molar refractivity (Wildman–Crippen MR) is 114 cm³/mol. The molecular weight excluding hydrogens is 469 g/mol. The van der Waals surface area contributed by atoms with Gasteiger partial charge in [0.15, 0.2) is 6.61 Å². The lowest BCUT2D eigenvalue weighted by Gasteiger charge is -2.14. The maximum atomic E-state index is 13.0. The second kappa shape index (κ2) is 9.49. The van der Waals surface area contributed by atoms with E-state index in [1.807, 2.05) is 0 Å². The smallest absolute Gasteiger partial charge is 0.418 e. The van der Waals surface area contributed by atoms with Crippen LogP contribution in [0.15, 0.2) is 77.7 Å². The number of hydrogen-bond acceptors (Lipinski definition) is 4. The van der Waals surface area contributed by atoms with Crippen LogP contribution in [0.3, 0.4) is 0 Å². The number of carbonyl (C=O) groups is 1. The van der Waals surface area contributed by atoms with Gasteiger partial charge in [-0.2, -0.15) is 13.2 Å². The van der Waals surface area contributed by atoms with Crippen LogP contribution in [0, 0.1) is 0 Å². The molecule has 168 valence electrons. The van der Waals surface area contributed by atoms with Crippen LogP contribution in [0.5, 0.6) is 5.75 Å². The van der Waals surface area contributed by atoms with Gasteiger partial charge in [0.25, 0.3) is 15.9 Å². The summed E-state index contributed by atoms with van der Waals surface area (Å²) in [6, 6.07) is 16.4. The van der Waals surface area contributed by atoms with Crippen molar-refractivity contribution in [2.75, 3.05) is 16.6 Å². The fourth-order valence-corrected chi connectivity index (χ4v) is 4.04. The molecule has 0 bridgehead atoms. The SMILES string of the molecule is O=C(COc1ccc(S(=O)(=O)Nc2ccccc2)cc1Cl)Nc1ccccc1C(F)(F)F. The van der Waals surface area contributed by atoms with Gasteiger partial charge in [-0.05, 0) is 42.5 Å². The van der Waals surface area contributed by atoms with Gasteiger partial charge in [-0.1, -0.05) is 41.9 Å². The molecular formula is C21H16ClF3N2O4S. The maximum Gasteiger partial charge on any atom is 0.418 e. The van der Waals surface area contributed by atoms with Crippen LogP contribution < -0.4 is 14.8 Å². The van der Waals surface area contributed by atoms with Crippen molar-refractivity contribution in [3.8, 4) is 5.75 Å². The molecule has 0 aliphatic rings. The molecule has 0 fully saturated rings. The minimum absolute atomic E-state index is 0.00964. The van der Waals surface area contributed by atoms with E-state index in [2.05, 4.69) is 10.0 Å². The number of sulfonamides is 1. The Balaban J connectivity index is 1.66. The van der Waals surface area contributed by atoms with E-state index in [9.17, 15) is 26.4 Å². The first-order valence-electron chi connectivity index (χ1n) is 9.02. The van der Waals surface area contributed by atoms with Gasteiger partial charge >= 0.3 is 6.18 Å². The number of anilines is 2. The Hall–Kier alpha value is -3.24. The molecule has 0 unspecified atom stereocenters. The Kier molecular flexibility index (Phi) is 6.95. The Labute approximate surface area is 187 Å². The first-order valence-corrected chi connectivity index (χ1v) is 10.9. The molecule has 0 aliphatic heterocycles. The number of hydrogen-bond donors (Lipinski definition) is 2. The van der Waals surface area contributed by atoms with Gasteiger partial charge in [-0.15, -0.1) is 0 Å². The summed E-state index contributed by atoms with van der Waals surface area (Å²) in [5, 5.41) is 2.04. The Bertz CT molecular complexity index is 1220. The first kappa shape index (κ1) is 23.4. The van der Waals surface area contributed by atoms with Crippen molar-refractivity contribution in [3.05, 3.63) is 83.4 Å². The van der Waals surface area contributed by atoms with Crippen LogP contribution in [-0.4, -0.2) is 20.9 Å². The van der Waals surface area contributed by atoms with Gasteiger partial charge < -0.3 is 10.1 Å². The molecule has 3 rings (SSSR count). The van der Waals surface area contributed by atoms with E-state index in [0.717, 1.165) is 18.2 Å². The maximum absolute atomic E-state index is 13.0. The fraction of sp³-hybridized carbons (Fsp3) is 0.0952. The van der Waals surface area contributed by atoms with Crippen LogP contribution in [0.1, 0.15) is 5.56 Å². The summed E-state index contributed by atoms with van der Waals surface area (Å²) in [4.78, 5) is 11.9. The largest absolute Gasteiger partial charge is 0.482 e.